The molecule has 0 radical (unpaired) electrons. The van der Waals surface area contributed by atoms with Crippen molar-refractivity contribution in [2.45, 2.75) is 26.4 Å². The number of nitrogens with two attached hydrogens (primary N) is 1. The highest BCUT2D eigenvalue weighted by molar-refractivity contribution is 6.32. The summed E-state index contributed by atoms with van der Waals surface area (Å²) >= 11 is 6.22. The van der Waals surface area contributed by atoms with Crippen molar-refractivity contribution in [3.8, 4) is 11.5 Å². The van der Waals surface area contributed by atoms with Crippen LogP contribution in [0, 0.1) is 0 Å². The number of methoxy groups -OCH3 is 2. The smallest absolute Gasteiger partial charge is 0.189 e. The normalized spacial score (nSPS) is 12.9. The molecule has 0 aliphatic carbocycles. The summed E-state index contributed by atoms with van der Waals surface area (Å²) in [5.74, 6) is 1.48. The Balaban J connectivity index is 2.79. The van der Waals surface area contributed by atoms with Gasteiger partial charge in [0.25, 0.3) is 0 Å². The fraction of sp³-hybridized carbons (Fsp3) is 0.533. The van der Waals surface area contributed by atoms with Gasteiger partial charge in [0.15, 0.2) is 17.5 Å². The van der Waals surface area contributed by atoms with Crippen LogP contribution in [0.15, 0.2) is 17.1 Å². The van der Waals surface area contributed by atoms with Gasteiger partial charge in [0.1, 0.15) is 0 Å². The van der Waals surface area contributed by atoms with E-state index in [-0.39, 0.29) is 6.04 Å². The maximum Gasteiger partial charge on any atom is 0.189 e. The molecule has 0 bridgehead atoms. The molecule has 0 heterocycles. The second-order valence-corrected chi connectivity index (χ2v) is 5.15. The lowest BCUT2D eigenvalue weighted by Crippen LogP contribution is -2.40. The lowest BCUT2D eigenvalue weighted by atomic mass is 10.2. The van der Waals surface area contributed by atoms with E-state index in [0.717, 1.165) is 5.56 Å². The van der Waals surface area contributed by atoms with Gasteiger partial charge in [-0.25, -0.2) is 4.99 Å². The molecule has 7 heteroatoms. The van der Waals surface area contributed by atoms with E-state index in [1.807, 2.05) is 19.9 Å². The van der Waals surface area contributed by atoms with E-state index in [1.54, 1.807) is 20.3 Å². The first-order valence-electron chi connectivity index (χ1n) is 7.06. The molecule has 0 aromatic heterocycles. The van der Waals surface area contributed by atoms with Crippen molar-refractivity contribution >= 4 is 17.6 Å². The Bertz CT molecular complexity index is 509. The largest absolute Gasteiger partial charge is 0.493 e. The van der Waals surface area contributed by atoms with Crippen molar-refractivity contribution in [2.24, 2.45) is 10.7 Å². The van der Waals surface area contributed by atoms with Crippen molar-refractivity contribution in [2.75, 3.05) is 27.4 Å². The zero-order chi connectivity index (χ0) is 16.5. The molecule has 0 saturated carbocycles. The van der Waals surface area contributed by atoms with Crippen LogP contribution in [0.5, 0.6) is 11.5 Å². The minimum atomic E-state index is 0.0900. The fourth-order valence-electron chi connectivity index (χ4n) is 1.92. The molecule has 6 nitrogen and oxygen atoms in total. The quantitative estimate of drug-likeness (QED) is 0.564. The van der Waals surface area contributed by atoms with E-state index < -0.39 is 0 Å². The van der Waals surface area contributed by atoms with Crippen LogP contribution in [0.1, 0.15) is 19.4 Å². The Hall–Kier alpha value is -1.66. The zero-order valence-electron chi connectivity index (χ0n) is 13.5. The minimum Gasteiger partial charge on any atom is -0.493 e. The molecule has 124 valence electrons. The molecule has 0 saturated heterocycles. The minimum absolute atomic E-state index is 0.0900. The number of halogens is 1. The summed E-state index contributed by atoms with van der Waals surface area (Å²) in [5.41, 5.74) is 6.72. The maximum absolute atomic E-state index is 6.22. The summed E-state index contributed by atoms with van der Waals surface area (Å²) in [4.78, 5) is 4.28. The van der Waals surface area contributed by atoms with Gasteiger partial charge in [-0.2, -0.15) is 0 Å². The van der Waals surface area contributed by atoms with Gasteiger partial charge in [-0.1, -0.05) is 11.6 Å². The third-order valence-corrected chi connectivity index (χ3v) is 3.10. The summed E-state index contributed by atoms with van der Waals surface area (Å²) in [6.07, 6.45) is 0. The Labute approximate surface area is 136 Å². The number of hydrogen-bond acceptors (Lipinski definition) is 4. The molecule has 0 fully saturated rings. The number of aliphatic imine (C=N–C) groups is 1. The predicted octanol–water partition coefficient (Wildman–Crippen LogP) is 2.19. The van der Waals surface area contributed by atoms with E-state index in [1.165, 1.54) is 0 Å². The van der Waals surface area contributed by atoms with Gasteiger partial charge in [0.05, 0.1) is 31.9 Å². The van der Waals surface area contributed by atoms with Gasteiger partial charge < -0.3 is 25.3 Å². The Morgan fingerprint density at radius 3 is 2.73 bits per heavy atom. The lowest BCUT2D eigenvalue weighted by molar-refractivity contribution is 0.179. The first-order chi connectivity index (χ1) is 10.5. The van der Waals surface area contributed by atoms with E-state index >= 15 is 0 Å². The monoisotopic (exact) mass is 329 g/mol. The van der Waals surface area contributed by atoms with E-state index in [2.05, 4.69) is 10.3 Å². The number of nitrogens with zero attached hydrogens (tertiary/aromatic N) is 1. The van der Waals surface area contributed by atoms with Gasteiger partial charge in [-0.05, 0) is 31.5 Å². The standard InChI is InChI=1S/C15H24ClN3O3/c1-5-22-14-12(16)6-11(7-13(14)21-4)8-18-15(17)19-10(2)9-20-3/h6-7,10H,5,8-9H2,1-4H3,(H3,17,18,19). The summed E-state index contributed by atoms with van der Waals surface area (Å²) in [6, 6.07) is 3.73. The van der Waals surface area contributed by atoms with Crippen LogP contribution >= 0.6 is 11.6 Å². The van der Waals surface area contributed by atoms with Crippen molar-refractivity contribution in [1.29, 1.82) is 0 Å². The molecule has 0 spiro atoms. The second-order valence-electron chi connectivity index (χ2n) is 4.74. The summed E-state index contributed by atoms with van der Waals surface area (Å²) in [5, 5.41) is 3.53. The van der Waals surface area contributed by atoms with E-state index in [9.17, 15) is 0 Å². The highest BCUT2D eigenvalue weighted by Crippen LogP contribution is 2.36. The summed E-state index contributed by atoms with van der Waals surface area (Å²) in [6.45, 7) is 5.31. The van der Waals surface area contributed by atoms with Crippen LogP contribution in [-0.2, 0) is 11.3 Å². The molecule has 0 amide bonds. The van der Waals surface area contributed by atoms with Crippen LogP contribution in [0.3, 0.4) is 0 Å². The van der Waals surface area contributed by atoms with Gasteiger partial charge in [0.2, 0.25) is 0 Å². The van der Waals surface area contributed by atoms with Crippen molar-refractivity contribution in [1.82, 2.24) is 5.32 Å². The summed E-state index contributed by atoms with van der Waals surface area (Å²) in [7, 11) is 3.21. The van der Waals surface area contributed by atoms with Crippen LogP contribution in [0.2, 0.25) is 5.02 Å². The molecule has 1 rings (SSSR count). The van der Waals surface area contributed by atoms with Crippen molar-refractivity contribution < 1.29 is 14.2 Å². The number of guanidine groups is 1. The number of ether oxygens (including phenoxy) is 3. The van der Waals surface area contributed by atoms with Crippen LogP contribution in [0.4, 0.5) is 0 Å². The van der Waals surface area contributed by atoms with Crippen LogP contribution in [-0.4, -0.2) is 39.4 Å². The summed E-state index contributed by atoms with van der Waals surface area (Å²) < 4.78 is 15.8. The molecule has 0 aliphatic rings. The SMILES string of the molecule is CCOc1c(Cl)cc(CN=C(N)NC(C)COC)cc1OC. The highest BCUT2D eigenvalue weighted by atomic mass is 35.5. The third kappa shape index (κ3) is 5.61. The average molecular weight is 330 g/mol. The molecular weight excluding hydrogens is 306 g/mol. The van der Waals surface area contributed by atoms with Crippen molar-refractivity contribution in [3.05, 3.63) is 22.7 Å². The topological polar surface area (TPSA) is 78.1 Å². The lowest BCUT2D eigenvalue weighted by Gasteiger charge is -2.14. The number of rotatable bonds is 8. The van der Waals surface area contributed by atoms with Crippen molar-refractivity contribution in [3.63, 3.8) is 0 Å². The molecule has 1 aromatic carbocycles. The number of hydrogen-bond donors (Lipinski definition) is 2. The third-order valence-electron chi connectivity index (χ3n) is 2.82. The first kappa shape index (κ1) is 18.4. The zero-order valence-corrected chi connectivity index (χ0v) is 14.2. The van der Waals surface area contributed by atoms with Crippen LogP contribution < -0.4 is 20.5 Å². The number of nitrogens with one attached hydrogen (secondary N) is 1. The fourth-order valence-corrected chi connectivity index (χ4v) is 2.20. The molecule has 3 N–H and O–H groups in total. The molecule has 1 atom stereocenters. The first-order valence-corrected chi connectivity index (χ1v) is 7.44. The Kier molecular flexibility index (Phi) is 7.84. The number of benzene rings is 1. The maximum atomic E-state index is 6.22. The van der Waals surface area contributed by atoms with Crippen LogP contribution in [0.25, 0.3) is 0 Å². The van der Waals surface area contributed by atoms with E-state index in [0.29, 0.717) is 42.2 Å². The molecule has 0 aliphatic heterocycles. The molecule has 22 heavy (non-hydrogen) atoms. The van der Waals surface area contributed by atoms with Gasteiger partial charge in [-0.15, -0.1) is 0 Å². The van der Waals surface area contributed by atoms with Gasteiger partial charge in [0, 0.05) is 13.2 Å². The average Bonchev–Trinajstić information content (AvgIpc) is 2.47. The molecule has 1 unspecified atom stereocenters. The second kappa shape index (κ2) is 9.38. The molecule has 1 aromatic rings. The van der Waals surface area contributed by atoms with E-state index in [4.69, 9.17) is 31.5 Å². The Morgan fingerprint density at radius 2 is 2.14 bits per heavy atom. The van der Waals surface area contributed by atoms with Gasteiger partial charge in [-0.3, -0.25) is 0 Å². The highest BCUT2D eigenvalue weighted by Gasteiger charge is 2.11. The predicted molar refractivity (Wildman–Crippen MR) is 89.0 cm³/mol. The van der Waals surface area contributed by atoms with Gasteiger partial charge >= 0.3 is 0 Å². The molecular formula is C15H24ClN3O3. The Morgan fingerprint density at radius 1 is 1.41 bits per heavy atom.